The van der Waals surface area contributed by atoms with Crippen LogP contribution in [0.3, 0.4) is 0 Å². The summed E-state index contributed by atoms with van der Waals surface area (Å²) in [5.74, 6) is 0.973. The number of carbonyl (C=O) groups is 1. The molecule has 1 aliphatic heterocycles. The molecule has 2 heterocycles. The lowest BCUT2D eigenvalue weighted by molar-refractivity contribution is -0.137. The molecule has 1 fully saturated rings. The average Bonchev–Trinajstić information content (AvgIpc) is 2.82. The van der Waals surface area contributed by atoms with Gasteiger partial charge in [0.15, 0.2) is 3.77 Å². The van der Waals surface area contributed by atoms with Crippen molar-refractivity contribution in [1.82, 2.24) is 10.2 Å². The van der Waals surface area contributed by atoms with Crippen LogP contribution in [0.25, 0.3) is 0 Å². The maximum atomic E-state index is 12.1. The van der Waals surface area contributed by atoms with E-state index in [1.807, 2.05) is 24.0 Å². The number of nitrogens with one attached hydrogen (secondary N) is 1. The number of ether oxygens (including phenoxy) is 1. The monoisotopic (exact) mass is 364 g/mol. The Hall–Kier alpha value is -0.600. The number of carbonyl (C=O) groups excluding carboxylic acids is 1. The molecule has 1 aromatic heterocycles. The molecule has 5 nitrogen and oxygen atoms in total. The van der Waals surface area contributed by atoms with Crippen molar-refractivity contribution in [2.45, 2.75) is 19.5 Å². The molecule has 6 heteroatoms. The molecule has 0 aliphatic carbocycles. The highest BCUT2D eigenvalue weighted by Gasteiger charge is 2.22. The third-order valence-corrected chi connectivity index (χ3v) is 3.48. The molecule has 1 saturated heterocycles. The van der Waals surface area contributed by atoms with Crippen molar-refractivity contribution in [3.63, 3.8) is 0 Å². The summed E-state index contributed by atoms with van der Waals surface area (Å²) in [7, 11) is 0. The summed E-state index contributed by atoms with van der Waals surface area (Å²) < 4.78 is 11.5. The van der Waals surface area contributed by atoms with Crippen LogP contribution in [0, 0.1) is 3.77 Å². The number of rotatable bonds is 4. The van der Waals surface area contributed by atoms with Gasteiger partial charge in [0.2, 0.25) is 5.91 Å². The number of hydrogen-bond acceptors (Lipinski definition) is 4. The lowest BCUT2D eigenvalue weighted by Gasteiger charge is -2.29. The molecule has 2 rings (SSSR count). The average molecular weight is 364 g/mol. The van der Waals surface area contributed by atoms with E-state index in [4.69, 9.17) is 9.15 Å². The predicted molar refractivity (Wildman–Crippen MR) is 75.1 cm³/mol. The summed E-state index contributed by atoms with van der Waals surface area (Å²) in [5.41, 5.74) is 0. The second-order valence-electron chi connectivity index (χ2n) is 4.25. The Kier molecular flexibility index (Phi) is 5.02. The van der Waals surface area contributed by atoms with Crippen LogP contribution in [-0.4, -0.2) is 43.2 Å². The van der Waals surface area contributed by atoms with E-state index in [0.717, 1.165) is 9.53 Å². The molecule has 18 heavy (non-hydrogen) atoms. The Morgan fingerprint density at radius 2 is 2.22 bits per heavy atom. The van der Waals surface area contributed by atoms with Gasteiger partial charge >= 0.3 is 0 Å². The third kappa shape index (κ3) is 3.69. The molecule has 0 radical (unpaired) electrons. The topological polar surface area (TPSA) is 54.7 Å². The van der Waals surface area contributed by atoms with Crippen LogP contribution in [0.15, 0.2) is 16.5 Å². The molecule has 1 atom stereocenters. The van der Waals surface area contributed by atoms with E-state index in [1.165, 1.54) is 0 Å². The molecule has 1 N–H and O–H groups in total. The minimum atomic E-state index is -0.203. The lowest BCUT2D eigenvalue weighted by atomic mass is 10.2. The summed E-state index contributed by atoms with van der Waals surface area (Å²) in [6, 6.07) is 3.62. The number of amides is 1. The molecule has 1 amide bonds. The molecule has 1 unspecified atom stereocenters. The molecule has 1 aliphatic rings. The number of morpholine rings is 1. The van der Waals surface area contributed by atoms with Gasteiger partial charge in [-0.3, -0.25) is 10.1 Å². The van der Waals surface area contributed by atoms with Crippen LogP contribution in [-0.2, 0) is 16.1 Å². The highest BCUT2D eigenvalue weighted by atomic mass is 127. The zero-order valence-electron chi connectivity index (χ0n) is 10.3. The van der Waals surface area contributed by atoms with E-state index >= 15 is 0 Å². The van der Waals surface area contributed by atoms with Crippen LogP contribution in [0.1, 0.15) is 12.7 Å². The first-order valence-corrected chi connectivity index (χ1v) is 7.09. The Morgan fingerprint density at radius 1 is 1.50 bits per heavy atom. The first kappa shape index (κ1) is 13.8. The zero-order valence-corrected chi connectivity index (χ0v) is 12.5. The van der Waals surface area contributed by atoms with Crippen molar-refractivity contribution in [3.8, 4) is 0 Å². The largest absolute Gasteiger partial charge is 0.454 e. The zero-order chi connectivity index (χ0) is 13.0. The van der Waals surface area contributed by atoms with E-state index in [-0.39, 0.29) is 11.9 Å². The maximum Gasteiger partial charge on any atom is 0.239 e. The Bertz CT molecular complexity index is 402. The second-order valence-corrected chi connectivity index (χ2v) is 5.31. The minimum absolute atomic E-state index is 0.125. The fourth-order valence-electron chi connectivity index (χ4n) is 1.85. The standard InChI is InChI=1S/C12H17IN2O3/c1-9(12(16)15-4-6-17-7-5-15)14-8-10-2-3-11(13)18-10/h2-3,9,14H,4-8H2,1H3. The first-order valence-electron chi connectivity index (χ1n) is 6.01. The van der Waals surface area contributed by atoms with E-state index in [1.54, 1.807) is 0 Å². The van der Waals surface area contributed by atoms with Gasteiger partial charge in [-0.25, -0.2) is 0 Å². The van der Waals surface area contributed by atoms with Crippen molar-refractivity contribution < 1.29 is 13.9 Å². The molecule has 0 bridgehead atoms. The Labute approximate surface area is 120 Å². The van der Waals surface area contributed by atoms with Gasteiger partial charge in [-0.1, -0.05) is 0 Å². The van der Waals surface area contributed by atoms with Crippen molar-refractivity contribution in [2.75, 3.05) is 26.3 Å². The van der Waals surface area contributed by atoms with Gasteiger partial charge in [0.1, 0.15) is 5.76 Å². The molecule has 0 saturated carbocycles. The van der Waals surface area contributed by atoms with Crippen molar-refractivity contribution in [3.05, 3.63) is 21.7 Å². The van der Waals surface area contributed by atoms with Gasteiger partial charge in [0.05, 0.1) is 25.8 Å². The normalized spacial score (nSPS) is 17.8. The smallest absolute Gasteiger partial charge is 0.239 e. The number of hydrogen-bond donors (Lipinski definition) is 1. The number of furan rings is 1. The quantitative estimate of drug-likeness (QED) is 0.817. The SMILES string of the molecule is CC(NCc1ccc(I)o1)C(=O)N1CCOCC1. The maximum absolute atomic E-state index is 12.1. The predicted octanol–water partition coefficient (Wildman–Crippen LogP) is 1.22. The fourth-order valence-corrected chi connectivity index (χ4v) is 2.31. The molecule has 1 aromatic rings. The van der Waals surface area contributed by atoms with Crippen LogP contribution in [0.2, 0.25) is 0 Å². The van der Waals surface area contributed by atoms with E-state index < -0.39 is 0 Å². The first-order chi connectivity index (χ1) is 8.66. The van der Waals surface area contributed by atoms with E-state index in [9.17, 15) is 4.79 Å². The van der Waals surface area contributed by atoms with Crippen LogP contribution < -0.4 is 5.32 Å². The molecular formula is C12H17IN2O3. The third-order valence-electron chi connectivity index (χ3n) is 2.90. The summed E-state index contributed by atoms with van der Waals surface area (Å²) >= 11 is 2.12. The molecule has 0 spiro atoms. The molecular weight excluding hydrogens is 347 g/mol. The van der Waals surface area contributed by atoms with Gasteiger partial charge in [-0.2, -0.15) is 0 Å². The second kappa shape index (κ2) is 6.53. The van der Waals surface area contributed by atoms with Crippen molar-refractivity contribution in [1.29, 1.82) is 0 Å². The van der Waals surface area contributed by atoms with Crippen LogP contribution in [0.5, 0.6) is 0 Å². The van der Waals surface area contributed by atoms with Crippen molar-refractivity contribution >= 4 is 28.5 Å². The summed E-state index contributed by atoms with van der Waals surface area (Å²) in [4.78, 5) is 13.9. The highest BCUT2D eigenvalue weighted by molar-refractivity contribution is 14.1. The Morgan fingerprint density at radius 3 is 2.83 bits per heavy atom. The van der Waals surface area contributed by atoms with E-state index in [0.29, 0.717) is 32.8 Å². The van der Waals surface area contributed by atoms with Gasteiger partial charge in [0, 0.05) is 13.1 Å². The number of halogens is 1. The van der Waals surface area contributed by atoms with Gasteiger partial charge in [-0.05, 0) is 41.6 Å². The summed E-state index contributed by atoms with van der Waals surface area (Å²) in [6.07, 6.45) is 0. The lowest BCUT2D eigenvalue weighted by Crippen LogP contribution is -2.49. The molecule has 100 valence electrons. The minimum Gasteiger partial charge on any atom is -0.454 e. The fraction of sp³-hybridized carbons (Fsp3) is 0.583. The van der Waals surface area contributed by atoms with Gasteiger partial charge in [-0.15, -0.1) is 0 Å². The van der Waals surface area contributed by atoms with Crippen LogP contribution in [0.4, 0.5) is 0 Å². The number of nitrogens with zero attached hydrogens (tertiary/aromatic N) is 1. The van der Waals surface area contributed by atoms with E-state index in [2.05, 4.69) is 27.9 Å². The van der Waals surface area contributed by atoms with Gasteiger partial charge < -0.3 is 14.1 Å². The Balaban J connectivity index is 1.79. The summed E-state index contributed by atoms with van der Waals surface area (Å²) in [6.45, 7) is 5.09. The van der Waals surface area contributed by atoms with Crippen LogP contribution >= 0.6 is 22.6 Å². The van der Waals surface area contributed by atoms with Crippen molar-refractivity contribution in [2.24, 2.45) is 0 Å². The highest BCUT2D eigenvalue weighted by Crippen LogP contribution is 2.10. The molecule has 0 aromatic carbocycles. The van der Waals surface area contributed by atoms with Gasteiger partial charge in [0.25, 0.3) is 0 Å². The summed E-state index contributed by atoms with van der Waals surface area (Å²) in [5, 5.41) is 3.18.